The number of carbonyl (C=O) groups excluding carboxylic acids is 2. The Morgan fingerprint density at radius 2 is 1.97 bits per heavy atom. The summed E-state index contributed by atoms with van der Waals surface area (Å²) in [7, 11) is 0. The Hall–Kier alpha value is -4.87. The zero-order valence-electron chi connectivity index (χ0n) is 20.6. The first-order valence-electron chi connectivity index (χ1n) is 12.1. The van der Waals surface area contributed by atoms with Crippen LogP contribution < -0.4 is 15.8 Å². The van der Waals surface area contributed by atoms with Crippen LogP contribution in [0.5, 0.6) is 0 Å². The number of nitro benzene ring substituents is 1. The summed E-state index contributed by atoms with van der Waals surface area (Å²) in [6.07, 6.45) is 2.95. The number of carbonyl (C=O) groups is 2. The minimum atomic E-state index is -0.485. The number of nitro groups is 1. The monoisotopic (exact) mass is 515 g/mol. The summed E-state index contributed by atoms with van der Waals surface area (Å²) in [6, 6.07) is 13.7. The van der Waals surface area contributed by atoms with Gasteiger partial charge < -0.3 is 10.2 Å². The highest BCUT2D eigenvalue weighted by Crippen LogP contribution is 2.25. The molecule has 194 valence electrons. The normalized spacial score (nSPS) is 15.2. The van der Waals surface area contributed by atoms with E-state index in [4.69, 9.17) is 0 Å². The van der Waals surface area contributed by atoms with E-state index in [1.165, 1.54) is 33.9 Å². The second-order valence-electron chi connectivity index (χ2n) is 9.24. The van der Waals surface area contributed by atoms with E-state index < -0.39 is 10.8 Å². The zero-order valence-corrected chi connectivity index (χ0v) is 20.6. The number of amides is 2. The van der Waals surface area contributed by atoms with Crippen molar-refractivity contribution in [2.24, 2.45) is 5.92 Å². The molecule has 12 nitrogen and oxygen atoms in total. The molecule has 12 heteroatoms. The molecular weight excluding hydrogens is 490 g/mol. The SMILES string of the molecule is Cc1ccc(N2CC(C(=O)NCCn3ncc4c(=O)n(Cc5cccc([N+](=O)[O-])c5)cnc43)CC2=O)cc1. The predicted octanol–water partition coefficient (Wildman–Crippen LogP) is 2.03. The van der Waals surface area contributed by atoms with Crippen molar-refractivity contribution >= 4 is 34.2 Å². The van der Waals surface area contributed by atoms with Gasteiger partial charge in [-0.2, -0.15) is 5.10 Å². The Balaban J connectivity index is 1.20. The molecule has 2 aromatic heterocycles. The third-order valence-electron chi connectivity index (χ3n) is 6.56. The number of fused-ring (bicyclic) bond motifs is 1. The van der Waals surface area contributed by atoms with Crippen molar-refractivity contribution in [1.29, 1.82) is 0 Å². The van der Waals surface area contributed by atoms with E-state index in [2.05, 4.69) is 15.4 Å². The molecule has 0 bridgehead atoms. The van der Waals surface area contributed by atoms with Gasteiger partial charge in [0.15, 0.2) is 5.65 Å². The number of anilines is 1. The van der Waals surface area contributed by atoms with Gasteiger partial charge in [-0.15, -0.1) is 0 Å². The number of benzene rings is 2. The molecule has 38 heavy (non-hydrogen) atoms. The summed E-state index contributed by atoms with van der Waals surface area (Å²) < 4.78 is 2.90. The minimum absolute atomic E-state index is 0.0516. The maximum atomic E-state index is 12.9. The molecule has 1 N–H and O–H groups in total. The van der Waals surface area contributed by atoms with Crippen molar-refractivity contribution < 1.29 is 14.5 Å². The predicted molar refractivity (Wildman–Crippen MR) is 139 cm³/mol. The molecule has 0 saturated carbocycles. The number of non-ortho nitro benzene ring substituents is 1. The van der Waals surface area contributed by atoms with Crippen LogP contribution in [0.25, 0.3) is 11.0 Å². The van der Waals surface area contributed by atoms with Gasteiger partial charge in [-0.1, -0.05) is 29.8 Å². The lowest BCUT2D eigenvalue weighted by Gasteiger charge is -2.17. The van der Waals surface area contributed by atoms with E-state index in [-0.39, 0.29) is 42.6 Å². The molecule has 0 aliphatic carbocycles. The van der Waals surface area contributed by atoms with Crippen LogP contribution in [-0.2, 0) is 22.7 Å². The number of nitrogens with zero attached hydrogens (tertiary/aromatic N) is 6. The van der Waals surface area contributed by atoms with Gasteiger partial charge in [-0.05, 0) is 24.6 Å². The number of aromatic nitrogens is 4. The summed E-state index contributed by atoms with van der Waals surface area (Å²) in [5.74, 6) is -0.744. The molecule has 1 atom stereocenters. The fourth-order valence-electron chi connectivity index (χ4n) is 4.53. The number of hydrogen-bond donors (Lipinski definition) is 1. The average molecular weight is 516 g/mol. The number of hydrogen-bond acceptors (Lipinski definition) is 7. The van der Waals surface area contributed by atoms with Crippen molar-refractivity contribution in [3.05, 3.63) is 92.7 Å². The topological polar surface area (TPSA) is 145 Å². The first-order valence-corrected chi connectivity index (χ1v) is 12.1. The molecular formula is C26H25N7O5. The molecule has 0 spiro atoms. The van der Waals surface area contributed by atoms with E-state index in [1.54, 1.807) is 17.0 Å². The summed E-state index contributed by atoms with van der Waals surface area (Å²) in [4.78, 5) is 54.7. The number of rotatable bonds is 8. The Labute approximate surface area is 216 Å². The summed E-state index contributed by atoms with van der Waals surface area (Å²) in [5.41, 5.74) is 2.48. The zero-order chi connectivity index (χ0) is 26.8. The van der Waals surface area contributed by atoms with E-state index >= 15 is 0 Å². The Morgan fingerprint density at radius 1 is 1.18 bits per heavy atom. The summed E-state index contributed by atoms with van der Waals surface area (Å²) >= 11 is 0. The average Bonchev–Trinajstić information content (AvgIpc) is 3.50. The van der Waals surface area contributed by atoms with Crippen molar-refractivity contribution in [2.45, 2.75) is 26.4 Å². The van der Waals surface area contributed by atoms with Gasteiger partial charge in [0.25, 0.3) is 11.2 Å². The van der Waals surface area contributed by atoms with Crippen molar-refractivity contribution in [3.8, 4) is 0 Å². The standard InChI is InChI=1S/C26H25N7O5/c1-17-5-7-20(8-6-17)31-15-19(12-23(31)34)25(35)27-9-10-32-24-22(13-29-32)26(36)30(16-28-24)14-18-3-2-4-21(11-18)33(37)38/h2-8,11,13,16,19H,9-10,12,14-15H2,1H3,(H,27,35). The Morgan fingerprint density at radius 3 is 2.74 bits per heavy atom. The van der Waals surface area contributed by atoms with Crippen molar-refractivity contribution in [1.82, 2.24) is 24.6 Å². The van der Waals surface area contributed by atoms with Gasteiger partial charge in [0.1, 0.15) is 11.7 Å². The first kappa shape index (κ1) is 24.8. The van der Waals surface area contributed by atoms with Gasteiger partial charge in [0, 0.05) is 37.3 Å². The Kier molecular flexibility index (Phi) is 6.69. The van der Waals surface area contributed by atoms with Gasteiger partial charge in [-0.3, -0.25) is 29.1 Å². The Bertz CT molecular complexity index is 1590. The van der Waals surface area contributed by atoms with E-state index in [0.29, 0.717) is 29.7 Å². The third-order valence-corrected chi connectivity index (χ3v) is 6.56. The fraction of sp³-hybridized carbons (Fsp3) is 0.269. The largest absolute Gasteiger partial charge is 0.354 e. The van der Waals surface area contributed by atoms with Crippen LogP contribution in [-0.4, -0.2) is 49.2 Å². The third kappa shape index (κ3) is 5.01. The number of aryl methyl sites for hydroxylation is 1. The quantitative estimate of drug-likeness (QED) is 0.279. The van der Waals surface area contributed by atoms with Crippen LogP contribution in [0.15, 0.2) is 65.8 Å². The molecule has 1 aliphatic heterocycles. The molecule has 0 radical (unpaired) electrons. The maximum Gasteiger partial charge on any atom is 0.269 e. The van der Waals surface area contributed by atoms with Gasteiger partial charge in [-0.25, -0.2) is 9.67 Å². The molecule has 3 heterocycles. The van der Waals surface area contributed by atoms with Crippen LogP contribution in [0.2, 0.25) is 0 Å². The lowest BCUT2D eigenvalue weighted by Crippen LogP contribution is -2.35. The number of nitrogens with one attached hydrogen (secondary N) is 1. The molecule has 1 aliphatic rings. The van der Waals surface area contributed by atoms with Crippen molar-refractivity contribution in [2.75, 3.05) is 18.0 Å². The molecule has 4 aromatic rings. The molecule has 2 aromatic carbocycles. The van der Waals surface area contributed by atoms with Crippen LogP contribution in [0.1, 0.15) is 17.5 Å². The highest BCUT2D eigenvalue weighted by molar-refractivity contribution is 6.00. The highest BCUT2D eigenvalue weighted by Gasteiger charge is 2.34. The molecule has 2 amide bonds. The minimum Gasteiger partial charge on any atom is -0.354 e. The first-order chi connectivity index (χ1) is 18.3. The van der Waals surface area contributed by atoms with E-state index in [9.17, 15) is 24.5 Å². The summed E-state index contributed by atoms with van der Waals surface area (Å²) in [5, 5.41) is 18.4. The molecule has 1 saturated heterocycles. The highest BCUT2D eigenvalue weighted by atomic mass is 16.6. The second kappa shape index (κ2) is 10.2. The maximum absolute atomic E-state index is 12.9. The van der Waals surface area contributed by atoms with Crippen LogP contribution >= 0.6 is 0 Å². The van der Waals surface area contributed by atoms with Gasteiger partial charge in [0.2, 0.25) is 11.8 Å². The second-order valence-corrected chi connectivity index (χ2v) is 9.24. The smallest absolute Gasteiger partial charge is 0.269 e. The molecule has 5 rings (SSSR count). The van der Waals surface area contributed by atoms with Gasteiger partial charge in [0.05, 0.1) is 30.1 Å². The molecule has 1 unspecified atom stereocenters. The summed E-state index contributed by atoms with van der Waals surface area (Å²) in [6.45, 7) is 2.97. The van der Waals surface area contributed by atoms with Crippen LogP contribution in [0.3, 0.4) is 0 Å². The molecule has 1 fully saturated rings. The van der Waals surface area contributed by atoms with Crippen molar-refractivity contribution in [3.63, 3.8) is 0 Å². The lowest BCUT2D eigenvalue weighted by molar-refractivity contribution is -0.384. The van der Waals surface area contributed by atoms with Crippen LogP contribution in [0.4, 0.5) is 11.4 Å². The van der Waals surface area contributed by atoms with E-state index in [1.807, 2.05) is 31.2 Å². The van der Waals surface area contributed by atoms with Gasteiger partial charge >= 0.3 is 0 Å². The lowest BCUT2D eigenvalue weighted by atomic mass is 10.1. The fourth-order valence-corrected chi connectivity index (χ4v) is 4.53. The van der Waals surface area contributed by atoms with E-state index in [0.717, 1.165) is 11.3 Å². The van der Waals surface area contributed by atoms with Crippen LogP contribution in [0, 0.1) is 23.0 Å².